The van der Waals surface area contributed by atoms with E-state index in [9.17, 15) is 28.8 Å². The molecule has 1 aliphatic heterocycles. The van der Waals surface area contributed by atoms with Crippen LogP contribution >= 0.6 is 0 Å². The molecule has 0 aromatic rings. The molecule has 34 heteroatoms. The Balaban J connectivity index is 1.64. The highest BCUT2D eigenvalue weighted by atomic mass is 16.6. The molecule has 0 aliphatic carbocycles. The summed E-state index contributed by atoms with van der Waals surface area (Å²) < 4.78 is 137. The molecule has 4 amide bonds. The van der Waals surface area contributed by atoms with Crippen molar-refractivity contribution in [2.45, 2.75) is 51.4 Å². The topological polar surface area (TPSA) is 360 Å². The van der Waals surface area contributed by atoms with Crippen LogP contribution in [-0.2, 0) is 147 Å². The number of carbonyl (C=O) groups excluding carboxylic acids is 6. The Bertz CT molecular complexity index is 1910. The quantitative estimate of drug-likeness (QED) is 0.0616. The SMILES string of the molecule is CNC(=O)CCOCCOCCOCCOCCOCCOCCOCCOCCOCCOCCOCCOCCCC(=O)CCOCCNC(=O)CCOCCOCCOCCOCCOCCOCCOCCOCCOCCOCCOCCOCCCC(=O)CCN1C(=O)C=CC1=O. The second-order valence-electron chi connectivity index (χ2n) is 21.8. The molecule has 0 saturated carbocycles. The van der Waals surface area contributed by atoms with E-state index < -0.39 is 0 Å². The van der Waals surface area contributed by atoms with Gasteiger partial charge in [0.25, 0.3) is 11.8 Å². The van der Waals surface area contributed by atoms with E-state index in [0.29, 0.717) is 369 Å². The van der Waals surface area contributed by atoms with Gasteiger partial charge in [0.1, 0.15) is 11.6 Å². The van der Waals surface area contributed by atoms with Crippen LogP contribution in [0.3, 0.4) is 0 Å². The number of rotatable bonds is 89. The molecule has 604 valence electrons. The van der Waals surface area contributed by atoms with E-state index in [-0.39, 0.29) is 61.2 Å². The van der Waals surface area contributed by atoms with E-state index >= 15 is 0 Å². The molecule has 0 aromatic carbocycles. The summed E-state index contributed by atoms with van der Waals surface area (Å²) in [5, 5.41) is 5.32. The lowest BCUT2D eigenvalue weighted by atomic mass is 10.1. The van der Waals surface area contributed by atoms with Crippen molar-refractivity contribution in [2.24, 2.45) is 0 Å². The maximum Gasteiger partial charge on any atom is 0.253 e. The van der Waals surface area contributed by atoms with Crippen LogP contribution in [0, 0.1) is 0 Å². The number of ether oxygens (including phenoxy) is 25. The van der Waals surface area contributed by atoms with Crippen molar-refractivity contribution in [3.8, 4) is 0 Å². The normalized spacial score (nSPS) is 12.3. The van der Waals surface area contributed by atoms with Gasteiger partial charge in [-0.3, -0.25) is 33.7 Å². The average Bonchev–Trinajstić information content (AvgIpc) is 1.75. The third-order valence-corrected chi connectivity index (χ3v) is 13.5. The number of hydrogen-bond donors (Lipinski definition) is 2. The Kier molecular flexibility index (Phi) is 77.6. The summed E-state index contributed by atoms with van der Waals surface area (Å²) in [6.45, 7) is 22.3. The number of Topliss-reactive ketones (excluding diaryl/α,β-unsaturated/α-hetero) is 2. The van der Waals surface area contributed by atoms with Gasteiger partial charge in [-0.2, -0.15) is 0 Å². The van der Waals surface area contributed by atoms with Crippen LogP contribution in [-0.4, -0.2) is 391 Å². The average molecular weight is 1490 g/mol. The van der Waals surface area contributed by atoms with Gasteiger partial charge >= 0.3 is 0 Å². The van der Waals surface area contributed by atoms with Crippen LogP contribution in [0.1, 0.15) is 51.4 Å². The fourth-order valence-electron chi connectivity index (χ4n) is 8.02. The van der Waals surface area contributed by atoms with Gasteiger partial charge in [0.15, 0.2) is 0 Å². The van der Waals surface area contributed by atoms with Crippen LogP contribution in [0.2, 0.25) is 0 Å². The van der Waals surface area contributed by atoms with Crippen LogP contribution < -0.4 is 10.6 Å². The van der Waals surface area contributed by atoms with Crippen molar-refractivity contribution in [2.75, 3.05) is 350 Å². The molecule has 103 heavy (non-hydrogen) atoms. The second kappa shape index (κ2) is 82.2. The number of amides is 4. The Morgan fingerprint density at radius 3 is 0.680 bits per heavy atom. The van der Waals surface area contributed by atoms with Gasteiger partial charge in [0.2, 0.25) is 11.8 Å². The predicted octanol–water partition coefficient (Wildman–Crippen LogP) is 0.448. The first-order valence-electron chi connectivity index (χ1n) is 36.3. The summed E-state index contributed by atoms with van der Waals surface area (Å²) in [5.74, 6) is -0.864. The summed E-state index contributed by atoms with van der Waals surface area (Å²) in [4.78, 5) is 71.4. The minimum atomic E-state index is -0.378. The number of carbonyl (C=O) groups is 6. The van der Waals surface area contributed by atoms with Crippen molar-refractivity contribution in [3.05, 3.63) is 12.2 Å². The summed E-state index contributed by atoms with van der Waals surface area (Å²) in [7, 11) is 1.60. The maximum absolute atomic E-state index is 12.2. The first-order valence-corrected chi connectivity index (χ1v) is 36.3. The number of nitrogens with one attached hydrogen (secondary N) is 2. The zero-order valence-electron chi connectivity index (χ0n) is 61.7. The standard InChI is InChI=1S/C69H127N3O31/c1-70-66(75)10-17-82-22-26-86-30-34-90-38-42-94-46-50-98-54-58-102-62-60-101-57-53-97-49-45-93-41-37-89-33-29-85-25-21-80-15-3-5-65(74)9-16-81-19-12-71-67(76)11-18-83-23-27-87-31-35-91-39-43-95-47-51-99-55-59-103-63-61-100-56-52-96-48-44-92-40-36-88-32-28-84-24-20-79-14-2-4-64(73)8-13-72-68(77)6-7-69(72)78/h6-7H,2-5,8-63H2,1H3,(H,70,75)(H,71,76). The van der Waals surface area contributed by atoms with E-state index in [1.54, 1.807) is 7.05 Å². The molecule has 0 unspecified atom stereocenters. The third-order valence-electron chi connectivity index (χ3n) is 13.5. The Labute approximate surface area is 610 Å². The van der Waals surface area contributed by atoms with Crippen molar-refractivity contribution in [1.82, 2.24) is 15.5 Å². The van der Waals surface area contributed by atoms with E-state index in [1.807, 2.05) is 0 Å². The molecule has 0 bridgehead atoms. The molecule has 1 heterocycles. The van der Waals surface area contributed by atoms with Crippen molar-refractivity contribution < 1.29 is 147 Å². The van der Waals surface area contributed by atoms with Crippen molar-refractivity contribution in [1.29, 1.82) is 0 Å². The minimum absolute atomic E-state index is 0.0138. The molecule has 0 atom stereocenters. The molecule has 1 rings (SSSR count). The van der Waals surface area contributed by atoms with E-state index in [2.05, 4.69) is 10.6 Å². The monoisotopic (exact) mass is 1490 g/mol. The van der Waals surface area contributed by atoms with E-state index in [1.165, 1.54) is 12.2 Å². The largest absolute Gasteiger partial charge is 0.379 e. The van der Waals surface area contributed by atoms with Crippen LogP contribution in [0.25, 0.3) is 0 Å². The minimum Gasteiger partial charge on any atom is -0.379 e. The molecule has 0 fully saturated rings. The molecule has 1 aliphatic rings. The second-order valence-corrected chi connectivity index (χ2v) is 21.8. The highest BCUT2D eigenvalue weighted by Crippen LogP contribution is 2.07. The van der Waals surface area contributed by atoms with Gasteiger partial charge in [-0.1, -0.05) is 0 Å². The smallest absolute Gasteiger partial charge is 0.253 e. The fraction of sp³-hybridized carbons (Fsp3) is 0.884. The van der Waals surface area contributed by atoms with Gasteiger partial charge in [0.05, 0.1) is 317 Å². The van der Waals surface area contributed by atoms with E-state index in [4.69, 9.17) is 118 Å². The van der Waals surface area contributed by atoms with Crippen molar-refractivity contribution in [3.63, 3.8) is 0 Å². The molecule has 0 spiro atoms. The van der Waals surface area contributed by atoms with Gasteiger partial charge < -0.3 is 129 Å². The highest BCUT2D eigenvalue weighted by Gasteiger charge is 2.23. The number of nitrogens with zero attached hydrogens (tertiary/aromatic N) is 1. The number of imide groups is 1. The Hall–Kier alpha value is -3.84. The predicted molar refractivity (Wildman–Crippen MR) is 370 cm³/mol. The Morgan fingerprint density at radius 1 is 0.243 bits per heavy atom. The lowest BCUT2D eigenvalue weighted by molar-refractivity contribution is -0.137. The van der Waals surface area contributed by atoms with Gasteiger partial charge in [-0.05, 0) is 12.8 Å². The number of ketones is 2. The van der Waals surface area contributed by atoms with Gasteiger partial charge in [-0.15, -0.1) is 0 Å². The summed E-state index contributed by atoms with van der Waals surface area (Å²) in [6.07, 6.45) is 5.37. The van der Waals surface area contributed by atoms with Gasteiger partial charge in [0, 0.05) is 84.0 Å². The molecule has 0 aromatic heterocycles. The first kappa shape index (κ1) is 97.2. The van der Waals surface area contributed by atoms with Gasteiger partial charge in [-0.25, -0.2) is 0 Å². The zero-order valence-corrected chi connectivity index (χ0v) is 61.7. The molecule has 2 N–H and O–H groups in total. The van der Waals surface area contributed by atoms with Crippen LogP contribution in [0.5, 0.6) is 0 Å². The van der Waals surface area contributed by atoms with E-state index in [0.717, 1.165) is 4.90 Å². The molecule has 0 radical (unpaired) electrons. The molecule has 0 saturated heterocycles. The Morgan fingerprint density at radius 2 is 0.437 bits per heavy atom. The molecular formula is C69H127N3O31. The third kappa shape index (κ3) is 76.2. The van der Waals surface area contributed by atoms with Crippen LogP contribution in [0.15, 0.2) is 12.2 Å². The summed E-state index contributed by atoms with van der Waals surface area (Å²) in [5.41, 5.74) is 0. The molecule has 34 nitrogen and oxygen atoms in total. The lowest BCUT2D eigenvalue weighted by Crippen LogP contribution is -2.32. The summed E-state index contributed by atoms with van der Waals surface area (Å²) >= 11 is 0. The summed E-state index contributed by atoms with van der Waals surface area (Å²) in [6, 6.07) is 0. The lowest BCUT2D eigenvalue weighted by Gasteiger charge is -2.12. The maximum atomic E-state index is 12.2. The number of hydrogen-bond acceptors (Lipinski definition) is 31. The first-order chi connectivity index (χ1) is 50.8. The van der Waals surface area contributed by atoms with Crippen LogP contribution in [0.4, 0.5) is 0 Å². The zero-order chi connectivity index (χ0) is 74.0. The van der Waals surface area contributed by atoms with Crippen molar-refractivity contribution >= 4 is 35.2 Å². The fourth-order valence-corrected chi connectivity index (χ4v) is 8.02. The highest BCUT2D eigenvalue weighted by molar-refractivity contribution is 6.13. The molecular weight excluding hydrogens is 1370 g/mol.